The molecule has 3 saturated heterocycles. The van der Waals surface area contributed by atoms with Crippen LogP contribution in [0.4, 0.5) is 19.0 Å². The van der Waals surface area contributed by atoms with Crippen LogP contribution in [-0.2, 0) is 4.74 Å². The maximum atomic E-state index is 17.0. The molecule has 246 valence electrons. The minimum Gasteiger partial charge on any atom is -0.508 e. The lowest BCUT2D eigenvalue weighted by Gasteiger charge is -2.31. The van der Waals surface area contributed by atoms with Crippen molar-refractivity contribution >= 4 is 27.5 Å². The highest BCUT2D eigenvalue weighted by molar-refractivity contribution is 6.04. The van der Waals surface area contributed by atoms with Crippen LogP contribution < -0.4 is 14.4 Å². The summed E-state index contributed by atoms with van der Waals surface area (Å²) in [5, 5.41) is 22.2. The summed E-state index contributed by atoms with van der Waals surface area (Å²) < 4.78 is 63.9. The standard InChI is InChI=1S/C34H34F3N5O5/c1-4-22-24(36)7-6-19-12-21(43)13-23(25(19)22)28-27(37)29-26(31(38-28)45-3)30(41-10-11-46-17-33(2,44)16-41)40-32(39-29)47-18-34-8-5-9-42(34)15-20(35)14-34/h1,6-7,12-13,20,43-44H,5,8-11,14-18H2,2-3H3/t20-,33?,34+/m1/s1. The topological polar surface area (TPSA) is 113 Å². The van der Waals surface area contributed by atoms with Gasteiger partial charge in [-0.15, -0.1) is 6.42 Å². The van der Waals surface area contributed by atoms with E-state index in [2.05, 4.69) is 25.8 Å². The number of aromatic hydroxyl groups is 1. The second kappa shape index (κ2) is 11.7. The molecular weight excluding hydrogens is 615 g/mol. The van der Waals surface area contributed by atoms with Crippen molar-refractivity contribution in [1.29, 1.82) is 0 Å². The molecule has 4 aromatic rings. The average Bonchev–Trinajstić information content (AvgIpc) is 3.49. The number of aliphatic hydroxyl groups is 1. The fourth-order valence-corrected chi connectivity index (χ4v) is 7.31. The normalized spacial score (nSPS) is 24.8. The Bertz CT molecular complexity index is 1940. The van der Waals surface area contributed by atoms with Gasteiger partial charge in [0.05, 0.1) is 38.0 Å². The van der Waals surface area contributed by atoms with E-state index in [1.54, 1.807) is 11.8 Å². The van der Waals surface area contributed by atoms with E-state index in [4.69, 9.17) is 20.6 Å². The van der Waals surface area contributed by atoms with Crippen molar-refractivity contribution < 1.29 is 37.6 Å². The van der Waals surface area contributed by atoms with Crippen molar-refractivity contribution in [3.05, 3.63) is 41.5 Å². The van der Waals surface area contributed by atoms with Crippen LogP contribution >= 0.6 is 0 Å². The van der Waals surface area contributed by atoms with Gasteiger partial charge < -0.3 is 29.3 Å². The molecule has 0 radical (unpaired) electrons. The first kappa shape index (κ1) is 31.2. The second-order valence-corrected chi connectivity index (χ2v) is 12.8. The number of nitrogens with zero attached hydrogens (tertiary/aromatic N) is 5. The van der Waals surface area contributed by atoms with Gasteiger partial charge in [0.25, 0.3) is 0 Å². The first-order valence-electron chi connectivity index (χ1n) is 15.5. The lowest BCUT2D eigenvalue weighted by atomic mass is 9.95. The molecule has 0 aliphatic carbocycles. The van der Waals surface area contributed by atoms with Gasteiger partial charge in [0, 0.05) is 30.5 Å². The Hall–Kier alpha value is -4.38. The molecule has 3 atom stereocenters. The molecule has 47 heavy (non-hydrogen) atoms. The molecule has 0 bridgehead atoms. The summed E-state index contributed by atoms with van der Waals surface area (Å²) in [5.41, 5.74) is -2.40. The molecule has 2 aromatic heterocycles. The lowest BCUT2D eigenvalue weighted by Crippen LogP contribution is -2.44. The predicted octanol–water partition coefficient (Wildman–Crippen LogP) is 4.36. The minimum absolute atomic E-state index is 0.0271. The number of aromatic nitrogens is 3. The Kier molecular flexibility index (Phi) is 7.77. The lowest BCUT2D eigenvalue weighted by molar-refractivity contribution is -0.0123. The summed E-state index contributed by atoms with van der Waals surface area (Å²) >= 11 is 0. The van der Waals surface area contributed by atoms with Gasteiger partial charge in [0.15, 0.2) is 5.82 Å². The van der Waals surface area contributed by atoms with Crippen LogP contribution in [0.3, 0.4) is 0 Å². The predicted molar refractivity (Wildman–Crippen MR) is 169 cm³/mol. The number of terminal acetylenes is 1. The molecule has 10 nitrogen and oxygen atoms in total. The van der Waals surface area contributed by atoms with Gasteiger partial charge >= 0.3 is 6.01 Å². The third-order valence-electron chi connectivity index (χ3n) is 9.34. The SMILES string of the molecule is C#Cc1c(F)ccc2cc(O)cc(-c3nc(OC)c4c(N5CCOCC(C)(O)C5)nc(OC[C@@]56CCCN5C[C@H](F)C6)nc4c3F)c12. The monoisotopic (exact) mass is 649 g/mol. The number of fused-ring (bicyclic) bond motifs is 3. The molecular formula is C34H34F3N5O5. The number of pyridine rings is 1. The van der Waals surface area contributed by atoms with Crippen molar-refractivity contribution in [2.75, 3.05) is 58.0 Å². The number of alkyl halides is 1. The summed E-state index contributed by atoms with van der Waals surface area (Å²) in [6.07, 6.45) is 6.67. The molecule has 0 saturated carbocycles. The van der Waals surface area contributed by atoms with E-state index < -0.39 is 28.9 Å². The highest BCUT2D eigenvalue weighted by atomic mass is 19.1. The van der Waals surface area contributed by atoms with Crippen molar-refractivity contribution in [2.24, 2.45) is 0 Å². The van der Waals surface area contributed by atoms with E-state index in [1.807, 2.05) is 0 Å². The maximum absolute atomic E-state index is 17.0. The molecule has 0 spiro atoms. The van der Waals surface area contributed by atoms with Crippen LogP contribution in [-0.4, -0.2) is 100 Å². The van der Waals surface area contributed by atoms with Gasteiger partial charge in [-0.25, -0.2) is 18.2 Å². The van der Waals surface area contributed by atoms with Crippen LogP contribution in [0, 0.1) is 24.0 Å². The zero-order chi connectivity index (χ0) is 33.1. The number of anilines is 1. The smallest absolute Gasteiger partial charge is 0.319 e. The quantitative estimate of drug-likeness (QED) is 0.292. The molecule has 2 N–H and O–H groups in total. The number of phenolic OH excluding ortho intramolecular Hbond substituents is 1. The molecule has 7 rings (SSSR count). The van der Waals surface area contributed by atoms with Crippen LogP contribution in [0.5, 0.6) is 17.6 Å². The molecule has 3 fully saturated rings. The summed E-state index contributed by atoms with van der Waals surface area (Å²) in [5.74, 6) is 0.633. The summed E-state index contributed by atoms with van der Waals surface area (Å²) in [6, 6.07) is 5.10. The van der Waals surface area contributed by atoms with Crippen LogP contribution in [0.2, 0.25) is 0 Å². The molecule has 5 heterocycles. The summed E-state index contributed by atoms with van der Waals surface area (Å²) in [7, 11) is 1.35. The Morgan fingerprint density at radius 2 is 2.00 bits per heavy atom. The number of rotatable bonds is 6. The number of benzene rings is 2. The van der Waals surface area contributed by atoms with E-state index in [-0.39, 0.29) is 89.5 Å². The van der Waals surface area contributed by atoms with Gasteiger partial charge in [0.2, 0.25) is 5.88 Å². The van der Waals surface area contributed by atoms with Gasteiger partial charge in [-0.05, 0) is 49.9 Å². The van der Waals surface area contributed by atoms with E-state index in [1.165, 1.54) is 31.4 Å². The fourth-order valence-electron chi connectivity index (χ4n) is 7.31. The van der Waals surface area contributed by atoms with Crippen molar-refractivity contribution in [2.45, 2.75) is 43.5 Å². The van der Waals surface area contributed by atoms with Crippen LogP contribution in [0.15, 0.2) is 24.3 Å². The summed E-state index contributed by atoms with van der Waals surface area (Å²) in [4.78, 5) is 17.5. The van der Waals surface area contributed by atoms with Crippen LogP contribution in [0.1, 0.15) is 31.7 Å². The number of phenols is 1. The van der Waals surface area contributed by atoms with Gasteiger partial charge in [0.1, 0.15) is 52.4 Å². The number of hydrogen-bond acceptors (Lipinski definition) is 10. The first-order chi connectivity index (χ1) is 22.5. The van der Waals surface area contributed by atoms with Crippen molar-refractivity contribution in [3.8, 4) is 41.2 Å². The maximum Gasteiger partial charge on any atom is 0.319 e. The Balaban J connectivity index is 1.45. The average molecular weight is 650 g/mol. The minimum atomic E-state index is -1.27. The van der Waals surface area contributed by atoms with Gasteiger partial charge in [-0.3, -0.25) is 4.90 Å². The highest BCUT2D eigenvalue weighted by Gasteiger charge is 2.49. The number of hydrogen-bond donors (Lipinski definition) is 2. The van der Waals surface area contributed by atoms with Crippen LogP contribution in [0.25, 0.3) is 32.9 Å². The molecule has 3 aliphatic heterocycles. The number of ether oxygens (including phenoxy) is 3. The Labute approximate surface area is 269 Å². The third kappa shape index (κ3) is 5.44. The molecule has 0 amide bonds. The number of β-amino-alcohol motifs (C(OH)–C–C–N with tert-alkyl or cyclic N) is 1. The Morgan fingerprint density at radius 3 is 2.79 bits per heavy atom. The van der Waals surface area contributed by atoms with Crippen molar-refractivity contribution in [1.82, 2.24) is 19.9 Å². The largest absolute Gasteiger partial charge is 0.508 e. The zero-order valence-corrected chi connectivity index (χ0v) is 26.0. The highest BCUT2D eigenvalue weighted by Crippen LogP contribution is 2.43. The van der Waals surface area contributed by atoms with Gasteiger partial charge in [-0.2, -0.15) is 9.97 Å². The number of methoxy groups -OCH3 is 1. The fraction of sp³-hybridized carbons (Fsp3) is 0.441. The van der Waals surface area contributed by atoms with Crippen molar-refractivity contribution in [3.63, 3.8) is 0 Å². The van der Waals surface area contributed by atoms with Gasteiger partial charge in [-0.1, -0.05) is 12.0 Å². The summed E-state index contributed by atoms with van der Waals surface area (Å²) in [6.45, 7) is 3.50. The second-order valence-electron chi connectivity index (χ2n) is 12.8. The molecule has 13 heteroatoms. The molecule has 3 aliphatic rings. The first-order valence-corrected chi connectivity index (χ1v) is 15.5. The Morgan fingerprint density at radius 1 is 1.17 bits per heavy atom. The molecule has 2 aromatic carbocycles. The van der Waals surface area contributed by atoms with E-state index in [9.17, 15) is 19.0 Å². The molecule has 1 unspecified atom stereocenters. The van der Waals surface area contributed by atoms with E-state index >= 15 is 4.39 Å². The number of halogens is 3. The zero-order valence-electron chi connectivity index (χ0n) is 26.0. The van der Waals surface area contributed by atoms with E-state index in [0.717, 1.165) is 19.4 Å². The van der Waals surface area contributed by atoms with E-state index in [0.29, 0.717) is 18.4 Å². The third-order valence-corrected chi connectivity index (χ3v) is 9.34.